The van der Waals surface area contributed by atoms with Gasteiger partial charge in [-0.2, -0.15) is 0 Å². The van der Waals surface area contributed by atoms with E-state index in [9.17, 15) is 19.5 Å². The minimum atomic E-state index is -1.52. The molecule has 0 aliphatic rings. The van der Waals surface area contributed by atoms with Crippen LogP contribution in [0, 0.1) is 0 Å². The Bertz CT molecular complexity index is 2110. The summed E-state index contributed by atoms with van der Waals surface area (Å²) in [5.74, 6) is -2.00. The molecular formula is C88H150NO8+. The van der Waals surface area contributed by atoms with E-state index in [1.165, 1.54) is 193 Å². The molecule has 0 fully saturated rings. The van der Waals surface area contributed by atoms with Crippen LogP contribution in [-0.4, -0.2) is 87.4 Å². The molecule has 1 N–H and O–H groups in total. The van der Waals surface area contributed by atoms with E-state index in [1.54, 1.807) is 0 Å². The summed E-state index contributed by atoms with van der Waals surface area (Å²) in [6, 6.07) is 0. The summed E-state index contributed by atoms with van der Waals surface area (Å²) in [6.07, 6.45) is 110. The molecule has 0 saturated heterocycles. The van der Waals surface area contributed by atoms with Crippen molar-refractivity contribution in [2.24, 2.45) is 0 Å². The number of carbonyl (C=O) groups excluding carboxylic acids is 2. The van der Waals surface area contributed by atoms with Crippen molar-refractivity contribution in [1.82, 2.24) is 0 Å². The van der Waals surface area contributed by atoms with Crippen molar-refractivity contribution >= 4 is 17.9 Å². The molecule has 0 aromatic heterocycles. The molecule has 2 atom stereocenters. The van der Waals surface area contributed by atoms with E-state index in [0.717, 1.165) is 116 Å². The Morgan fingerprint density at radius 3 is 0.825 bits per heavy atom. The standard InChI is InChI=1S/C88H149NO8/c1-6-8-10-12-14-16-18-20-22-24-26-28-30-32-34-36-38-39-40-41-42-43-44-45-46-47-49-51-53-55-57-59-61-63-65-67-69-71-73-75-77-79-86(91)97-84(83-96-88(87(92)93)94-81-80-89(3,4)5)82-95-85(90)78-76-74-72-70-68-66-64-62-60-58-56-54-52-50-48-37-35-33-31-29-27-25-23-21-19-17-15-13-11-9-7-2/h8-11,14-17,20-23,26-29,32-35,38-39,41-42,84,88H,6-7,12-13,18-19,24-25,30-31,36-37,40,43-83H2,1-5H3/p+1/b10-8-,11-9-,16-14-,17-15-,22-20-,23-21-,28-26-,29-27-,34-32-,35-33-,39-38-,42-41-. The third-order valence-corrected chi connectivity index (χ3v) is 17.1. The lowest BCUT2D eigenvalue weighted by Crippen LogP contribution is -2.40. The first-order chi connectivity index (χ1) is 47.6. The predicted octanol–water partition coefficient (Wildman–Crippen LogP) is 25.8. The molecule has 0 spiro atoms. The van der Waals surface area contributed by atoms with Crippen molar-refractivity contribution in [2.45, 2.75) is 347 Å². The van der Waals surface area contributed by atoms with Gasteiger partial charge in [0.2, 0.25) is 0 Å². The molecule has 2 unspecified atom stereocenters. The van der Waals surface area contributed by atoms with Crippen LogP contribution in [0.3, 0.4) is 0 Å². The predicted molar refractivity (Wildman–Crippen MR) is 419 cm³/mol. The molecule has 0 aromatic carbocycles. The third kappa shape index (κ3) is 78.4. The average molecular weight is 1350 g/mol. The first-order valence-corrected chi connectivity index (χ1v) is 40.0. The number of hydrogen-bond acceptors (Lipinski definition) is 7. The van der Waals surface area contributed by atoms with Crippen LogP contribution in [-0.2, 0) is 33.3 Å². The number of unbranched alkanes of at least 4 members (excludes halogenated alkanes) is 34. The monoisotopic (exact) mass is 1350 g/mol. The second-order valence-electron chi connectivity index (χ2n) is 27.6. The number of ether oxygens (including phenoxy) is 4. The van der Waals surface area contributed by atoms with E-state index >= 15 is 0 Å². The van der Waals surface area contributed by atoms with Gasteiger partial charge in [0.15, 0.2) is 6.10 Å². The zero-order valence-corrected chi connectivity index (χ0v) is 63.4. The number of hydrogen-bond donors (Lipinski definition) is 1. The number of carboxylic acids is 1. The molecule has 0 aliphatic carbocycles. The van der Waals surface area contributed by atoms with Gasteiger partial charge in [0.25, 0.3) is 6.29 Å². The Kier molecular flexibility index (Phi) is 73.1. The summed E-state index contributed by atoms with van der Waals surface area (Å²) in [4.78, 5) is 37.8. The molecule has 0 heterocycles. The van der Waals surface area contributed by atoms with E-state index in [1.807, 2.05) is 21.1 Å². The molecule has 0 saturated carbocycles. The van der Waals surface area contributed by atoms with E-state index in [-0.39, 0.29) is 32.2 Å². The van der Waals surface area contributed by atoms with Crippen LogP contribution in [0.4, 0.5) is 0 Å². The third-order valence-electron chi connectivity index (χ3n) is 17.1. The van der Waals surface area contributed by atoms with Crippen LogP contribution in [0.25, 0.3) is 0 Å². The summed E-state index contributed by atoms with van der Waals surface area (Å²) in [7, 11) is 5.99. The summed E-state index contributed by atoms with van der Waals surface area (Å²) in [6.45, 7) is 4.68. The van der Waals surface area contributed by atoms with Crippen LogP contribution >= 0.6 is 0 Å². The zero-order chi connectivity index (χ0) is 70.4. The smallest absolute Gasteiger partial charge is 0.361 e. The van der Waals surface area contributed by atoms with Crippen LogP contribution < -0.4 is 0 Å². The lowest BCUT2D eigenvalue weighted by molar-refractivity contribution is -0.870. The summed E-state index contributed by atoms with van der Waals surface area (Å²) in [5, 5.41) is 9.78. The highest BCUT2D eigenvalue weighted by Crippen LogP contribution is 2.18. The molecule has 9 nitrogen and oxygen atoms in total. The number of quaternary nitrogens is 1. The van der Waals surface area contributed by atoms with E-state index in [0.29, 0.717) is 17.4 Å². The van der Waals surface area contributed by atoms with Crippen LogP contribution in [0.15, 0.2) is 146 Å². The fraction of sp³-hybridized carbons (Fsp3) is 0.693. The van der Waals surface area contributed by atoms with Gasteiger partial charge in [0.05, 0.1) is 34.4 Å². The molecule has 0 radical (unpaired) electrons. The second-order valence-corrected chi connectivity index (χ2v) is 27.6. The largest absolute Gasteiger partial charge is 0.477 e. The number of esters is 2. The van der Waals surface area contributed by atoms with Crippen molar-refractivity contribution < 1.29 is 42.9 Å². The van der Waals surface area contributed by atoms with Crippen LogP contribution in [0.1, 0.15) is 335 Å². The molecular weight excluding hydrogens is 1200 g/mol. The number of allylic oxidation sites excluding steroid dienone is 24. The fourth-order valence-electron chi connectivity index (χ4n) is 11.1. The Balaban J connectivity index is 4.02. The molecule has 554 valence electrons. The number of aliphatic carboxylic acids is 1. The molecule has 97 heavy (non-hydrogen) atoms. The van der Waals surface area contributed by atoms with E-state index < -0.39 is 24.3 Å². The van der Waals surface area contributed by atoms with Crippen LogP contribution in [0.2, 0.25) is 0 Å². The molecule has 0 aliphatic heterocycles. The van der Waals surface area contributed by atoms with Crippen molar-refractivity contribution in [3.8, 4) is 0 Å². The highest BCUT2D eigenvalue weighted by atomic mass is 16.7. The molecule has 0 amide bonds. The second kappa shape index (κ2) is 76.9. The van der Waals surface area contributed by atoms with Gasteiger partial charge < -0.3 is 28.5 Å². The Morgan fingerprint density at radius 2 is 0.557 bits per heavy atom. The maximum Gasteiger partial charge on any atom is 0.361 e. The summed E-state index contributed by atoms with van der Waals surface area (Å²) < 4.78 is 23.1. The average Bonchev–Trinajstić information content (AvgIpc) is 3.27. The van der Waals surface area contributed by atoms with Crippen molar-refractivity contribution in [1.29, 1.82) is 0 Å². The Hall–Kier alpha value is -4.83. The van der Waals surface area contributed by atoms with Gasteiger partial charge in [-0.05, 0) is 116 Å². The first kappa shape index (κ1) is 92.2. The zero-order valence-electron chi connectivity index (χ0n) is 63.4. The van der Waals surface area contributed by atoms with Crippen molar-refractivity contribution in [2.75, 3.05) is 47.5 Å². The van der Waals surface area contributed by atoms with Gasteiger partial charge in [-0.15, -0.1) is 0 Å². The topological polar surface area (TPSA) is 108 Å². The number of carbonyl (C=O) groups is 3. The number of rotatable bonds is 73. The van der Waals surface area contributed by atoms with Gasteiger partial charge in [-0.25, -0.2) is 4.79 Å². The summed E-state index contributed by atoms with van der Waals surface area (Å²) in [5.41, 5.74) is 0. The normalized spacial score (nSPS) is 13.5. The first-order valence-electron chi connectivity index (χ1n) is 40.0. The SMILES string of the molecule is CC/C=C\C/C=C\C/C=C\C/C=C\C/C=C\C/C=C\C/C=C\CCCCCCCCCCCCCCCCCCCCCC(=O)OC(COC(=O)CCCCCCCCCCCCCCCCC/C=C\C/C=C\C/C=C\C/C=C\C/C=C\CC)COC(OCC[N+](C)(C)C)C(=O)O. The quantitative estimate of drug-likeness (QED) is 0.0211. The number of nitrogens with zero attached hydrogens (tertiary/aromatic N) is 1. The maximum absolute atomic E-state index is 13.0. The van der Waals surface area contributed by atoms with Crippen LogP contribution in [0.5, 0.6) is 0 Å². The van der Waals surface area contributed by atoms with Crippen molar-refractivity contribution in [3.05, 3.63) is 146 Å². The maximum atomic E-state index is 13.0. The van der Waals surface area contributed by atoms with Gasteiger partial charge in [-0.3, -0.25) is 9.59 Å². The van der Waals surface area contributed by atoms with Crippen molar-refractivity contribution in [3.63, 3.8) is 0 Å². The minimum Gasteiger partial charge on any atom is -0.477 e. The lowest BCUT2D eigenvalue weighted by atomic mass is 10.0. The molecule has 0 rings (SSSR count). The van der Waals surface area contributed by atoms with Gasteiger partial charge in [0, 0.05) is 12.8 Å². The highest BCUT2D eigenvalue weighted by molar-refractivity contribution is 5.71. The highest BCUT2D eigenvalue weighted by Gasteiger charge is 2.25. The number of carboxylic acid groups (broad SMARTS) is 1. The molecule has 0 bridgehead atoms. The molecule has 0 aromatic rings. The van der Waals surface area contributed by atoms with Gasteiger partial charge in [0.1, 0.15) is 13.2 Å². The van der Waals surface area contributed by atoms with Gasteiger partial charge in [-0.1, -0.05) is 352 Å². The lowest BCUT2D eigenvalue weighted by Gasteiger charge is -2.25. The van der Waals surface area contributed by atoms with Gasteiger partial charge >= 0.3 is 17.9 Å². The van der Waals surface area contributed by atoms with E-state index in [2.05, 4.69) is 160 Å². The summed E-state index contributed by atoms with van der Waals surface area (Å²) >= 11 is 0. The number of likely N-dealkylation sites (N-methyl/N-ethyl adjacent to an activating group) is 1. The van der Waals surface area contributed by atoms with E-state index in [4.69, 9.17) is 18.9 Å². The molecule has 9 heteroatoms. The minimum absolute atomic E-state index is 0.184. The Morgan fingerprint density at radius 1 is 0.309 bits per heavy atom. The Labute approximate surface area is 598 Å². The fourth-order valence-corrected chi connectivity index (χ4v) is 11.1.